The van der Waals surface area contributed by atoms with Crippen LogP contribution in [0.5, 0.6) is 0 Å². The van der Waals surface area contributed by atoms with E-state index >= 15 is 0 Å². The normalized spacial score (nSPS) is 9.27. The van der Waals surface area contributed by atoms with E-state index in [1.807, 2.05) is 0 Å². The lowest BCUT2D eigenvalue weighted by atomic mass is 10.3. The molecular formula is C6H5ClN2O2. The summed E-state index contributed by atoms with van der Waals surface area (Å²) in [5, 5.41) is 0.318. The molecule has 0 fully saturated rings. The van der Waals surface area contributed by atoms with Crippen LogP contribution >= 0.6 is 11.6 Å². The van der Waals surface area contributed by atoms with Crippen LogP contribution in [0.15, 0.2) is 18.3 Å². The van der Waals surface area contributed by atoms with Crippen LogP contribution in [0.4, 0.5) is 0 Å². The van der Waals surface area contributed by atoms with Gasteiger partial charge in [0.1, 0.15) is 5.15 Å². The van der Waals surface area contributed by atoms with Gasteiger partial charge < -0.3 is 4.84 Å². The van der Waals surface area contributed by atoms with Gasteiger partial charge in [-0.2, -0.15) is 5.90 Å². The molecule has 0 radical (unpaired) electrons. The molecule has 1 aromatic rings. The minimum atomic E-state index is -0.630. The van der Waals surface area contributed by atoms with Crippen LogP contribution in [-0.2, 0) is 4.84 Å². The summed E-state index contributed by atoms with van der Waals surface area (Å²) in [5.41, 5.74) is 0.275. The second-order valence-electron chi connectivity index (χ2n) is 1.77. The third kappa shape index (κ3) is 1.89. The van der Waals surface area contributed by atoms with E-state index in [1.165, 1.54) is 18.3 Å². The van der Waals surface area contributed by atoms with Gasteiger partial charge in [-0.15, -0.1) is 0 Å². The Labute approximate surface area is 67.9 Å². The second-order valence-corrected chi connectivity index (χ2v) is 2.16. The number of rotatable bonds is 1. The Morgan fingerprint density at radius 1 is 1.64 bits per heavy atom. The average molecular weight is 173 g/mol. The Hall–Kier alpha value is -1.13. The van der Waals surface area contributed by atoms with Crippen molar-refractivity contribution in [2.24, 2.45) is 5.90 Å². The van der Waals surface area contributed by atoms with Gasteiger partial charge in [-0.3, -0.25) is 0 Å². The van der Waals surface area contributed by atoms with E-state index in [9.17, 15) is 4.79 Å². The van der Waals surface area contributed by atoms with Gasteiger partial charge in [-0.1, -0.05) is 11.6 Å². The predicted octanol–water partition coefficient (Wildman–Crippen LogP) is 0.765. The highest BCUT2D eigenvalue weighted by atomic mass is 35.5. The molecule has 0 aromatic carbocycles. The van der Waals surface area contributed by atoms with Gasteiger partial charge in [0, 0.05) is 6.20 Å². The largest absolute Gasteiger partial charge is 0.370 e. The molecule has 4 nitrogen and oxygen atoms in total. The molecule has 0 spiro atoms. The Morgan fingerprint density at radius 3 is 2.82 bits per heavy atom. The van der Waals surface area contributed by atoms with E-state index in [-0.39, 0.29) is 5.56 Å². The smallest absolute Gasteiger partial charge is 0.358 e. The minimum absolute atomic E-state index is 0.275. The summed E-state index contributed by atoms with van der Waals surface area (Å²) < 4.78 is 0. The summed E-state index contributed by atoms with van der Waals surface area (Å²) in [6.07, 6.45) is 1.29. The molecule has 5 heteroatoms. The van der Waals surface area contributed by atoms with Crippen LogP contribution in [0.3, 0.4) is 0 Å². The van der Waals surface area contributed by atoms with E-state index in [4.69, 9.17) is 11.6 Å². The first-order valence-corrected chi connectivity index (χ1v) is 3.14. The molecule has 2 N–H and O–H groups in total. The van der Waals surface area contributed by atoms with Crippen molar-refractivity contribution in [3.05, 3.63) is 29.0 Å². The number of pyridine rings is 1. The maximum Gasteiger partial charge on any atom is 0.358 e. The van der Waals surface area contributed by atoms with Gasteiger partial charge in [-0.25, -0.2) is 9.78 Å². The van der Waals surface area contributed by atoms with Gasteiger partial charge in [0.15, 0.2) is 0 Å². The van der Waals surface area contributed by atoms with E-state index in [1.54, 1.807) is 0 Å². The molecule has 0 saturated carbocycles. The van der Waals surface area contributed by atoms with Crippen LogP contribution in [0.1, 0.15) is 10.4 Å². The molecule has 0 aliphatic rings. The fourth-order valence-corrected chi connectivity index (χ4v) is 0.676. The summed E-state index contributed by atoms with van der Waals surface area (Å²) in [4.78, 5) is 18.3. The minimum Gasteiger partial charge on any atom is -0.370 e. The van der Waals surface area contributed by atoms with Crippen molar-refractivity contribution >= 4 is 17.6 Å². The van der Waals surface area contributed by atoms with Gasteiger partial charge >= 0.3 is 5.97 Å². The maximum absolute atomic E-state index is 10.7. The quantitative estimate of drug-likeness (QED) is 0.502. The van der Waals surface area contributed by atoms with Crippen LogP contribution in [0.25, 0.3) is 0 Å². The molecule has 58 valence electrons. The van der Waals surface area contributed by atoms with Crippen LogP contribution in [0, 0.1) is 0 Å². The van der Waals surface area contributed by atoms with Crippen molar-refractivity contribution in [1.29, 1.82) is 0 Å². The molecule has 1 heterocycles. The molecule has 1 rings (SSSR count). The van der Waals surface area contributed by atoms with Gasteiger partial charge in [0.25, 0.3) is 0 Å². The van der Waals surface area contributed by atoms with E-state index < -0.39 is 5.97 Å². The molecule has 0 unspecified atom stereocenters. The van der Waals surface area contributed by atoms with E-state index in [0.717, 1.165) is 0 Å². The second kappa shape index (κ2) is 3.32. The zero-order valence-electron chi connectivity index (χ0n) is 5.45. The average Bonchev–Trinajstić information content (AvgIpc) is 2.05. The first kappa shape index (κ1) is 7.97. The molecule has 0 aliphatic heterocycles. The van der Waals surface area contributed by atoms with Gasteiger partial charge in [0.05, 0.1) is 5.56 Å². The van der Waals surface area contributed by atoms with Gasteiger partial charge in [0.2, 0.25) is 0 Å². The van der Waals surface area contributed by atoms with Crippen molar-refractivity contribution in [2.75, 3.05) is 0 Å². The summed E-state index contributed by atoms with van der Waals surface area (Å²) in [7, 11) is 0. The number of halogens is 1. The number of hydrogen-bond donors (Lipinski definition) is 1. The summed E-state index contributed by atoms with van der Waals surface area (Å²) in [6.45, 7) is 0. The Morgan fingerprint density at radius 2 is 2.36 bits per heavy atom. The number of aromatic nitrogens is 1. The number of carbonyl (C=O) groups is 1. The van der Waals surface area contributed by atoms with E-state index in [2.05, 4.69) is 15.7 Å². The SMILES string of the molecule is NOC(=O)c1ccc(Cl)nc1. The predicted molar refractivity (Wildman–Crippen MR) is 38.8 cm³/mol. The molecule has 0 saturated heterocycles. The third-order valence-electron chi connectivity index (χ3n) is 1.07. The third-order valence-corrected chi connectivity index (χ3v) is 1.29. The molecule has 0 atom stereocenters. The van der Waals surface area contributed by atoms with Crippen molar-refractivity contribution in [3.8, 4) is 0 Å². The lowest BCUT2D eigenvalue weighted by Gasteiger charge is -1.95. The number of nitrogens with zero attached hydrogens (tertiary/aromatic N) is 1. The molecule has 0 bridgehead atoms. The zero-order chi connectivity index (χ0) is 8.27. The molecule has 1 aromatic heterocycles. The first-order valence-electron chi connectivity index (χ1n) is 2.76. The van der Waals surface area contributed by atoms with Crippen molar-refractivity contribution in [2.45, 2.75) is 0 Å². The highest BCUT2D eigenvalue weighted by Crippen LogP contribution is 2.05. The van der Waals surface area contributed by atoms with Gasteiger partial charge in [-0.05, 0) is 12.1 Å². The lowest BCUT2D eigenvalue weighted by Crippen LogP contribution is -2.10. The number of hydrogen-bond acceptors (Lipinski definition) is 4. The molecule has 11 heavy (non-hydrogen) atoms. The Kier molecular flexibility index (Phi) is 2.40. The van der Waals surface area contributed by atoms with Crippen molar-refractivity contribution in [3.63, 3.8) is 0 Å². The van der Waals surface area contributed by atoms with Crippen molar-refractivity contribution in [1.82, 2.24) is 4.98 Å². The van der Waals surface area contributed by atoms with E-state index in [0.29, 0.717) is 5.15 Å². The highest BCUT2D eigenvalue weighted by Gasteiger charge is 2.04. The zero-order valence-corrected chi connectivity index (χ0v) is 6.21. The fourth-order valence-electron chi connectivity index (χ4n) is 0.565. The van der Waals surface area contributed by atoms with Crippen LogP contribution in [-0.4, -0.2) is 11.0 Å². The molecular weight excluding hydrogens is 168 g/mol. The standard InChI is InChI=1S/C6H5ClN2O2/c7-5-2-1-4(3-9-5)6(10)11-8/h1-3H,8H2. The van der Waals surface area contributed by atoms with Crippen LogP contribution < -0.4 is 5.90 Å². The van der Waals surface area contributed by atoms with Crippen molar-refractivity contribution < 1.29 is 9.63 Å². The summed E-state index contributed by atoms with van der Waals surface area (Å²) >= 11 is 5.47. The first-order chi connectivity index (χ1) is 5.24. The molecule has 0 amide bonds. The number of carbonyl (C=O) groups excluding carboxylic acids is 1. The lowest BCUT2D eigenvalue weighted by molar-refractivity contribution is 0.0503. The van der Waals surface area contributed by atoms with Crippen LogP contribution in [0.2, 0.25) is 5.15 Å². The Bertz CT molecular complexity index is 260. The highest BCUT2D eigenvalue weighted by molar-refractivity contribution is 6.29. The maximum atomic E-state index is 10.7. The Balaban J connectivity index is 2.90. The monoisotopic (exact) mass is 172 g/mol. The number of nitrogens with two attached hydrogens (primary N) is 1. The molecule has 0 aliphatic carbocycles. The summed E-state index contributed by atoms with van der Waals surface area (Å²) in [5.74, 6) is 4.00. The topological polar surface area (TPSA) is 65.2 Å². The summed E-state index contributed by atoms with van der Waals surface area (Å²) in [6, 6.07) is 2.96. The fraction of sp³-hybridized carbons (Fsp3) is 0.